The molecule has 5 rings (SSSR count). The maximum atomic E-state index is 12.4. The molecule has 0 aromatic heterocycles. The van der Waals surface area contributed by atoms with Crippen LogP contribution in [0.3, 0.4) is 0 Å². The Morgan fingerprint density at radius 1 is 0.853 bits per heavy atom. The van der Waals surface area contributed by atoms with Crippen molar-refractivity contribution in [3.8, 4) is 11.1 Å². The minimum atomic E-state index is -0.770. The van der Waals surface area contributed by atoms with E-state index < -0.39 is 12.1 Å². The summed E-state index contributed by atoms with van der Waals surface area (Å²) >= 11 is 0. The Kier molecular flexibility index (Phi) is 6.26. The van der Waals surface area contributed by atoms with E-state index in [1.165, 1.54) is 22.3 Å². The van der Waals surface area contributed by atoms with Crippen molar-refractivity contribution in [1.82, 2.24) is 10.6 Å². The molecule has 0 bridgehead atoms. The predicted octanol–water partition coefficient (Wildman–Crippen LogP) is 3.78. The van der Waals surface area contributed by atoms with Crippen LogP contribution in [0.15, 0.2) is 48.5 Å². The fraction of sp³-hybridized carbons (Fsp3) is 0.444. The van der Waals surface area contributed by atoms with Gasteiger partial charge in [-0.3, -0.25) is 9.59 Å². The Morgan fingerprint density at radius 2 is 1.50 bits per heavy atom. The largest absolute Gasteiger partial charge is 0.481 e. The van der Waals surface area contributed by atoms with E-state index in [1.54, 1.807) is 0 Å². The average Bonchev–Trinajstić information content (AvgIpc) is 3.34. The van der Waals surface area contributed by atoms with Crippen LogP contribution < -0.4 is 10.6 Å². The van der Waals surface area contributed by atoms with Crippen LogP contribution >= 0.6 is 0 Å². The zero-order valence-corrected chi connectivity index (χ0v) is 19.0. The first kappa shape index (κ1) is 22.4. The van der Waals surface area contributed by atoms with Crippen LogP contribution in [0.2, 0.25) is 0 Å². The van der Waals surface area contributed by atoms with E-state index in [1.807, 2.05) is 24.3 Å². The topological polar surface area (TPSA) is 105 Å². The van der Waals surface area contributed by atoms with Crippen LogP contribution in [0.4, 0.5) is 4.79 Å². The van der Waals surface area contributed by atoms with Gasteiger partial charge in [-0.25, -0.2) is 4.79 Å². The first-order chi connectivity index (χ1) is 16.5. The first-order valence-corrected chi connectivity index (χ1v) is 12.1. The van der Waals surface area contributed by atoms with Crippen LogP contribution in [0.25, 0.3) is 11.1 Å². The molecule has 0 aliphatic heterocycles. The average molecular weight is 463 g/mol. The van der Waals surface area contributed by atoms with Gasteiger partial charge < -0.3 is 20.5 Å². The molecular formula is C27H30N2O5. The molecule has 4 atom stereocenters. The lowest BCUT2D eigenvalue weighted by molar-refractivity contribution is -0.143. The van der Waals surface area contributed by atoms with Crippen molar-refractivity contribution in [1.29, 1.82) is 0 Å². The summed E-state index contributed by atoms with van der Waals surface area (Å²) in [7, 11) is 0. The van der Waals surface area contributed by atoms with Crippen molar-refractivity contribution in [3.63, 3.8) is 0 Å². The number of amides is 2. The number of hydrogen-bond donors (Lipinski definition) is 3. The summed E-state index contributed by atoms with van der Waals surface area (Å²) in [6.45, 7) is 1.08. The standard InChI is InChI=1S/C27H30N2O5/c30-25(28-13-16-6-5-11-18(16)26(31)32)23-12-17(23)14-29-27(33)34-15-24-21-9-3-1-7-19(21)20-8-2-4-10-22(20)24/h1-4,7-10,16-18,23-24H,5-6,11-15H2,(H,28,30)(H,29,33)(H,31,32)/t16-,17-,18-,23-/m0/s1. The highest BCUT2D eigenvalue weighted by Crippen LogP contribution is 2.44. The van der Waals surface area contributed by atoms with E-state index in [0.29, 0.717) is 19.5 Å². The number of ether oxygens (including phenoxy) is 1. The second-order valence-corrected chi connectivity index (χ2v) is 9.69. The van der Waals surface area contributed by atoms with Crippen LogP contribution in [-0.4, -0.2) is 42.8 Å². The van der Waals surface area contributed by atoms with Crippen molar-refractivity contribution >= 4 is 18.0 Å². The molecule has 0 radical (unpaired) electrons. The van der Waals surface area contributed by atoms with Gasteiger partial charge in [0, 0.05) is 24.9 Å². The van der Waals surface area contributed by atoms with Crippen LogP contribution in [0, 0.1) is 23.7 Å². The number of fused-ring (bicyclic) bond motifs is 3. The van der Waals surface area contributed by atoms with Gasteiger partial charge in [0.1, 0.15) is 6.61 Å². The van der Waals surface area contributed by atoms with Crippen LogP contribution in [0.1, 0.15) is 42.7 Å². The minimum Gasteiger partial charge on any atom is -0.481 e. The summed E-state index contributed by atoms with van der Waals surface area (Å²) in [6, 6.07) is 16.4. The second-order valence-electron chi connectivity index (χ2n) is 9.69. The molecule has 7 heteroatoms. The van der Waals surface area contributed by atoms with Gasteiger partial charge in [-0.1, -0.05) is 55.0 Å². The molecule has 2 fully saturated rings. The van der Waals surface area contributed by atoms with Gasteiger partial charge in [-0.2, -0.15) is 0 Å². The van der Waals surface area contributed by atoms with E-state index in [2.05, 4.69) is 34.9 Å². The van der Waals surface area contributed by atoms with Crippen molar-refractivity contribution in [2.45, 2.75) is 31.6 Å². The monoisotopic (exact) mass is 462 g/mol. The van der Waals surface area contributed by atoms with Crippen molar-refractivity contribution in [2.75, 3.05) is 19.7 Å². The molecule has 7 nitrogen and oxygen atoms in total. The molecule has 34 heavy (non-hydrogen) atoms. The number of rotatable bonds is 8. The molecular weight excluding hydrogens is 432 g/mol. The number of carboxylic acids is 1. The van der Waals surface area contributed by atoms with Gasteiger partial charge in [-0.15, -0.1) is 0 Å². The van der Waals surface area contributed by atoms with E-state index in [9.17, 15) is 19.5 Å². The Bertz CT molecular complexity index is 1050. The SMILES string of the molecule is O=C(NC[C@@H]1C[C@@H]1C(=O)NC[C@@H]1CCC[C@@H]1C(=O)O)OCC1c2ccccc2-c2ccccc21. The molecule has 0 heterocycles. The van der Waals surface area contributed by atoms with Crippen LogP contribution in [-0.2, 0) is 14.3 Å². The van der Waals surface area contributed by atoms with E-state index in [4.69, 9.17) is 4.74 Å². The first-order valence-electron chi connectivity index (χ1n) is 12.1. The van der Waals surface area contributed by atoms with E-state index >= 15 is 0 Å². The number of carbonyl (C=O) groups is 3. The smallest absolute Gasteiger partial charge is 0.407 e. The zero-order valence-electron chi connectivity index (χ0n) is 19.0. The third-order valence-electron chi connectivity index (χ3n) is 7.63. The molecule has 0 unspecified atom stereocenters. The molecule has 3 aliphatic rings. The van der Waals surface area contributed by atoms with Gasteiger partial charge in [0.25, 0.3) is 0 Å². The quantitative estimate of drug-likeness (QED) is 0.554. The molecule has 3 N–H and O–H groups in total. The Hall–Kier alpha value is -3.35. The molecule has 2 saturated carbocycles. The lowest BCUT2D eigenvalue weighted by Crippen LogP contribution is -2.35. The zero-order chi connectivity index (χ0) is 23.7. The van der Waals surface area contributed by atoms with E-state index in [-0.39, 0.29) is 42.1 Å². The number of alkyl carbamates (subject to hydrolysis) is 1. The molecule has 3 aliphatic carbocycles. The molecule has 2 amide bonds. The highest BCUT2D eigenvalue weighted by molar-refractivity contribution is 5.82. The van der Waals surface area contributed by atoms with Gasteiger partial charge in [-0.05, 0) is 53.4 Å². The van der Waals surface area contributed by atoms with E-state index in [0.717, 1.165) is 19.3 Å². The number of carboxylic acid groups (broad SMARTS) is 1. The van der Waals surface area contributed by atoms with Gasteiger partial charge in [0.05, 0.1) is 5.92 Å². The third-order valence-corrected chi connectivity index (χ3v) is 7.63. The lowest BCUT2D eigenvalue weighted by atomic mass is 9.96. The Balaban J connectivity index is 1.06. The maximum Gasteiger partial charge on any atom is 0.407 e. The summed E-state index contributed by atoms with van der Waals surface area (Å²) in [5.41, 5.74) is 4.71. The van der Waals surface area contributed by atoms with Crippen molar-refractivity contribution in [2.24, 2.45) is 23.7 Å². The summed E-state index contributed by atoms with van der Waals surface area (Å²) in [6.07, 6.45) is 2.68. The molecule has 0 saturated heterocycles. The predicted molar refractivity (Wildman–Crippen MR) is 126 cm³/mol. The van der Waals surface area contributed by atoms with Gasteiger partial charge in [0.15, 0.2) is 0 Å². The molecule has 2 aromatic carbocycles. The molecule has 0 spiro atoms. The number of nitrogens with one attached hydrogen (secondary N) is 2. The Morgan fingerprint density at radius 3 is 2.18 bits per heavy atom. The van der Waals surface area contributed by atoms with Crippen molar-refractivity contribution in [3.05, 3.63) is 59.7 Å². The normalized spacial score (nSPS) is 24.7. The number of carbonyl (C=O) groups excluding carboxylic acids is 2. The highest BCUT2D eigenvalue weighted by atomic mass is 16.5. The van der Waals surface area contributed by atoms with Crippen molar-refractivity contribution < 1.29 is 24.2 Å². The number of benzene rings is 2. The van der Waals surface area contributed by atoms with Crippen LogP contribution in [0.5, 0.6) is 0 Å². The number of hydrogen-bond acceptors (Lipinski definition) is 4. The Labute approximate surface area is 198 Å². The number of aliphatic carboxylic acids is 1. The fourth-order valence-electron chi connectivity index (χ4n) is 5.63. The molecule has 2 aromatic rings. The summed E-state index contributed by atoms with van der Waals surface area (Å²) in [4.78, 5) is 36.1. The second kappa shape index (κ2) is 9.49. The maximum absolute atomic E-state index is 12.4. The molecule has 178 valence electrons. The fourth-order valence-corrected chi connectivity index (χ4v) is 5.63. The summed E-state index contributed by atoms with van der Waals surface area (Å²) < 4.78 is 5.56. The summed E-state index contributed by atoms with van der Waals surface area (Å²) in [5.74, 6) is -1.17. The van der Waals surface area contributed by atoms with Gasteiger partial charge >= 0.3 is 12.1 Å². The summed E-state index contributed by atoms with van der Waals surface area (Å²) in [5, 5.41) is 15.0. The minimum absolute atomic E-state index is 0.0117. The third kappa shape index (κ3) is 4.52. The lowest BCUT2D eigenvalue weighted by Gasteiger charge is -2.16. The van der Waals surface area contributed by atoms with Gasteiger partial charge in [0.2, 0.25) is 5.91 Å². The highest BCUT2D eigenvalue weighted by Gasteiger charge is 2.43.